The molecule has 13 heteroatoms. The van der Waals surface area contributed by atoms with E-state index in [9.17, 15) is 26.4 Å². The number of aromatic nitrogens is 4. The van der Waals surface area contributed by atoms with E-state index >= 15 is 0 Å². The number of fused-ring (bicyclic) bond motifs is 1. The van der Waals surface area contributed by atoms with Crippen molar-refractivity contribution < 1.29 is 21.6 Å². The summed E-state index contributed by atoms with van der Waals surface area (Å²) in [5.41, 5.74) is -2.33. The van der Waals surface area contributed by atoms with Gasteiger partial charge in [0.2, 0.25) is 15.5 Å². The van der Waals surface area contributed by atoms with E-state index < -0.39 is 48.7 Å². The zero-order valence-electron chi connectivity index (χ0n) is 15.7. The quantitative estimate of drug-likeness (QED) is 0.417. The summed E-state index contributed by atoms with van der Waals surface area (Å²) in [6.07, 6.45) is -2.48. The summed E-state index contributed by atoms with van der Waals surface area (Å²) in [4.78, 5) is 12.9. The molecular formula is C19H11Cl2F3N4O3S. The molecule has 0 saturated heterocycles. The maximum Gasteiger partial charge on any atom is 0.417 e. The first kappa shape index (κ1) is 22.3. The lowest BCUT2D eigenvalue weighted by Crippen LogP contribution is -2.22. The maximum atomic E-state index is 13.2. The number of hydrogen-bond donors (Lipinski definition) is 0. The van der Waals surface area contributed by atoms with E-state index in [2.05, 4.69) is 10.2 Å². The van der Waals surface area contributed by atoms with Gasteiger partial charge in [0.1, 0.15) is 0 Å². The average molecular weight is 503 g/mol. The van der Waals surface area contributed by atoms with Crippen molar-refractivity contribution in [3.63, 3.8) is 0 Å². The van der Waals surface area contributed by atoms with E-state index in [4.69, 9.17) is 23.2 Å². The molecule has 2 aromatic heterocycles. The largest absolute Gasteiger partial charge is 0.417 e. The second-order valence-electron chi connectivity index (χ2n) is 6.64. The summed E-state index contributed by atoms with van der Waals surface area (Å²) in [5, 5.41) is 6.31. The van der Waals surface area contributed by atoms with E-state index in [1.165, 1.54) is 18.2 Å². The Labute approximate surface area is 188 Å². The highest BCUT2D eigenvalue weighted by Crippen LogP contribution is 2.37. The standard InChI is InChI=1S/C19H11Cl2F3N4O3S/c20-13-6-2-1-4-11(13)10-32(30,31)18-26-25-16-17(29)27(8-9-28(16)18)14-7-3-5-12(15(14)21)19(22,23)24/h1-9H,10H2. The van der Waals surface area contributed by atoms with Gasteiger partial charge in [-0.2, -0.15) is 13.2 Å². The molecular weight excluding hydrogens is 492 g/mol. The van der Waals surface area contributed by atoms with Crippen LogP contribution < -0.4 is 5.56 Å². The van der Waals surface area contributed by atoms with E-state index in [0.717, 1.165) is 33.5 Å². The summed E-state index contributed by atoms with van der Waals surface area (Å²) in [6, 6.07) is 9.44. The van der Waals surface area contributed by atoms with Crippen LogP contribution in [-0.2, 0) is 21.8 Å². The zero-order valence-corrected chi connectivity index (χ0v) is 18.0. The molecule has 0 N–H and O–H groups in total. The lowest BCUT2D eigenvalue weighted by atomic mass is 10.2. The molecule has 7 nitrogen and oxygen atoms in total. The summed E-state index contributed by atoms with van der Waals surface area (Å²) in [5.74, 6) is -0.490. The van der Waals surface area contributed by atoms with Gasteiger partial charge in [0.05, 0.1) is 22.0 Å². The monoisotopic (exact) mass is 502 g/mol. The van der Waals surface area contributed by atoms with Crippen molar-refractivity contribution in [1.82, 2.24) is 19.2 Å². The molecule has 2 heterocycles. The fourth-order valence-electron chi connectivity index (χ4n) is 3.08. The average Bonchev–Trinajstić information content (AvgIpc) is 3.16. The van der Waals surface area contributed by atoms with Crippen molar-refractivity contribution in [3.05, 3.63) is 86.4 Å². The van der Waals surface area contributed by atoms with Crippen LogP contribution in [0.25, 0.3) is 11.3 Å². The van der Waals surface area contributed by atoms with Gasteiger partial charge in [0.15, 0.2) is 0 Å². The normalized spacial score (nSPS) is 12.4. The van der Waals surface area contributed by atoms with Crippen LogP contribution in [0.1, 0.15) is 11.1 Å². The molecule has 0 radical (unpaired) electrons. The molecule has 0 spiro atoms. The maximum absolute atomic E-state index is 13.2. The molecule has 0 bridgehead atoms. The third-order valence-corrected chi connectivity index (χ3v) is 6.86. The van der Waals surface area contributed by atoms with Crippen LogP contribution in [0, 0.1) is 0 Å². The van der Waals surface area contributed by atoms with Crippen molar-refractivity contribution in [2.75, 3.05) is 0 Å². The number of nitrogens with zero attached hydrogens (tertiary/aromatic N) is 4. The van der Waals surface area contributed by atoms with Crippen molar-refractivity contribution in [2.24, 2.45) is 0 Å². The lowest BCUT2D eigenvalue weighted by Gasteiger charge is -2.13. The highest BCUT2D eigenvalue weighted by Gasteiger charge is 2.34. The van der Waals surface area contributed by atoms with Gasteiger partial charge in [-0.3, -0.25) is 13.8 Å². The Bertz CT molecular complexity index is 1510. The lowest BCUT2D eigenvalue weighted by molar-refractivity contribution is -0.137. The molecule has 0 atom stereocenters. The predicted molar refractivity (Wildman–Crippen MR) is 111 cm³/mol. The first-order valence-electron chi connectivity index (χ1n) is 8.79. The second-order valence-corrected chi connectivity index (χ2v) is 9.30. The molecule has 0 aliphatic carbocycles. The van der Waals surface area contributed by atoms with Crippen molar-refractivity contribution in [3.8, 4) is 5.69 Å². The highest BCUT2D eigenvalue weighted by atomic mass is 35.5. The Kier molecular flexibility index (Phi) is 5.51. The zero-order chi connectivity index (χ0) is 23.3. The van der Waals surface area contributed by atoms with Crippen molar-refractivity contribution >= 4 is 38.7 Å². The molecule has 2 aromatic carbocycles. The molecule has 4 rings (SSSR count). The van der Waals surface area contributed by atoms with Crippen molar-refractivity contribution in [2.45, 2.75) is 17.1 Å². The molecule has 166 valence electrons. The van der Waals surface area contributed by atoms with E-state index in [1.807, 2.05) is 0 Å². The van der Waals surface area contributed by atoms with Crippen LogP contribution in [0.4, 0.5) is 13.2 Å². The van der Waals surface area contributed by atoms with E-state index in [1.54, 1.807) is 12.1 Å². The Morgan fingerprint density at radius 2 is 1.69 bits per heavy atom. The summed E-state index contributed by atoms with van der Waals surface area (Å²) in [6.45, 7) is 0. The number of halogens is 5. The SMILES string of the molecule is O=c1c2nnc(S(=O)(=O)Cc3ccccc3Cl)n2ccn1-c1cccc(C(F)(F)F)c1Cl. The molecule has 32 heavy (non-hydrogen) atoms. The number of sulfone groups is 1. The van der Waals surface area contributed by atoms with Gasteiger partial charge in [0.25, 0.3) is 5.16 Å². The molecule has 0 amide bonds. The Balaban J connectivity index is 1.82. The van der Waals surface area contributed by atoms with Crippen molar-refractivity contribution in [1.29, 1.82) is 0 Å². The van der Waals surface area contributed by atoms with Gasteiger partial charge in [-0.05, 0) is 23.8 Å². The van der Waals surface area contributed by atoms with Crippen LogP contribution in [0.3, 0.4) is 0 Å². The van der Waals surface area contributed by atoms with E-state index in [-0.39, 0.29) is 10.7 Å². The van der Waals surface area contributed by atoms with Crippen LogP contribution >= 0.6 is 23.2 Å². The minimum Gasteiger partial charge on any atom is -0.278 e. The van der Waals surface area contributed by atoms with Gasteiger partial charge in [-0.1, -0.05) is 47.5 Å². The molecule has 0 unspecified atom stereocenters. The first-order chi connectivity index (χ1) is 15.0. The smallest absolute Gasteiger partial charge is 0.278 e. The van der Waals surface area contributed by atoms with Crippen LogP contribution in [0.5, 0.6) is 0 Å². The van der Waals surface area contributed by atoms with Gasteiger partial charge in [-0.15, -0.1) is 10.2 Å². The van der Waals surface area contributed by atoms with Crippen LogP contribution in [0.15, 0.2) is 64.8 Å². The number of rotatable bonds is 4. The fraction of sp³-hybridized carbons (Fsp3) is 0.105. The van der Waals surface area contributed by atoms with Gasteiger partial charge in [0, 0.05) is 17.4 Å². The summed E-state index contributed by atoms with van der Waals surface area (Å²) >= 11 is 11.9. The Hall–Kier alpha value is -2.89. The minimum absolute atomic E-state index is 0.238. The van der Waals surface area contributed by atoms with E-state index in [0.29, 0.717) is 5.56 Å². The first-order valence-corrected chi connectivity index (χ1v) is 11.2. The number of alkyl halides is 3. The van der Waals surface area contributed by atoms with Gasteiger partial charge < -0.3 is 0 Å². The number of hydrogen-bond acceptors (Lipinski definition) is 5. The molecule has 0 aliphatic heterocycles. The fourth-order valence-corrected chi connectivity index (χ4v) is 5.09. The molecule has 4 aromatic rings. The Morgan fingerprint density at radius 3 is 2.38 bits per heavy atom. The highest BCUT2D eigenvalue weighted by molar-refractivity contribution is 7.90. The molecule has 0 saturated carbocycles. The molecule has 0 aliphatic rings. The van der Waals surface area contributed by atoms with Crippen LogP contribution in [0.2, 0.25) is 10.0 Å². The second kappa shape index (κ2) is 7.91. The number of benzene rings is 2. The van der Waals surface area contributed by atoms with Gasteiger partial charge in [-0.25, -0.2) is 8.42 Å². The van der Waals surface area contributed by atoms with Gasteiger partial charge >= 0.3 is 11.7 Å². The molecule has 0 fully saturated rings. The Morgan fingerprint density at radius 1 is 0.969 bits per heavy atom. The third-order valence-electron chi connectivity index (χ3n) is 4.56. The topological polar surface area (TPSA) is 86.3 Å². The summed E-state index contributed by atoms with van der Waals surface area (Å²) < 4.78 is 67.0. The minimum atomic E-state index is -4.73. The predicted octanol–water partition coefficient (Wildman–Crippen LogP) is 4.18. The summed E-state index contributed by atoms with van der Waals surface area (Å²) in [7, 11) is -4.07. The van der Waals surface area contributed by atoms with Crippen LogP contribution in [-0.4, -0.2) is 27.6 Å². The third kappa shape index (κ3) is 3.87.